The first-order chi connectivity index (χ1) is 8.58. The molecule has 0 bridgehead atoms. The SMILES string of the molecule is CC1CCC(CNC(=O)N2CSC[C@H]2C(=O)O)C1. The molecule has 0 aromatic carbocycles. The number of aliphatic carboxylic acids is 1. The number of rotatable bonds is 3. The van der Waals surface area contributed by atoms with E-state index in [-0.39, 0.29) is 6.03 Å². The summed E-state index contributed by atoms with van der Waals surface area (Å²) in [7, 11) is 0. The Balaban J connectivity index is 1.79. The maximum absolute atomic E-state index is 11.9. The van der Waals surface area contributed by atoms with Crippen molar-refractivity contribution >= 4 is 23.8 Å². The van der Waals surface area contributed by atoms with E-state index in [1.807, 2.05) is 0 Å². The van der Waals surface area contributed by atoms with Gasteiger partial charge in [0.2, 0.25) is 0 Å². The molecule has 6 heteroatoms. The van der Waals surface area contributed by atoms with Crippen LogP contribution in [0.1, 0.15) is 26.2 Å². The van der Waals surface area contributed by atoms with Crippen molar-refractivity contribution < 1.29 is 14.7 Å². The van der Waals surface area contributed by atoms with Crippen molar-refractivity contribution in [2.24, 2.45) is 11.8 Å². The normalized spacial score (nSPS) is 31.6. The number of nitrogens with zero attached hydrogens (tertiary/aromatic N) is 1. The molecule has 2 N–H and O–H groups in total. The molecule has 2 rings (SSSR count). The van der Waals surface area contributed by atoms with E-state index in [1.54, 1.807) is 0 Å². The molecule has 3 atom stereocenters. The third-order valence-corrected chi connectivity index (χ3v) is 4.79. The Morgan fingerprint density at radius 1 is 1.44 bits per heavy atom. The van der Waals surface area contributed by atoms with Crippen LogP contribution in [0.5, 0.6) is 0 Å². The first-order valence-electron chi connectivity index (χ1n) is 6.43. The summed E-state index contributed by atoms with van der Waals surface area (Å²) in [6.45, 7) is 2.91. The molecule has 5 nitrogen and oxygen atoms in total. The van der Waals surface area contributed by atoms with E-state index >= 15 is 0 Å². The molecular weight excluding hydrogens is 252 g/mol. The highest BCUT2D eigenvalue weighted by molar-refractivity contribution is 7.99. The molecule has 1 saturated carbocycles. The zero-order valence-corrected chi connectivity index (χ0v) is 11.4. The molecule has 18 heavy (non-hydrogen) atoms. The van der Waals surface area contributed by atoms with Crippen LogP contribution in [0.25, 0.3) is 0 Å². The van der Waals surface area contributed by atoms with Crippen LogP contribution in [0.15, 0.2) is 0 Å². The minimum atomic E-state index is -0.912. The van der Waals surface area contributed by atoms with Crippen molar-refractivity contribution in [1.82, 2.24) is 10.2 Å². The number of amides is 2. The van der Waals surface area contributed by atoms with Crippen LogP contribution < -0.4 is 5.32 Å². The quantitative estimate of drug-likeness (QED) is 0.818. The van der Waals surface area contributed by atoms with Gasteiger partial charge in [-0.05, 0) is 24.7 Å². The fourth-order valence-corrected chi connectivity index (χ4v) is 3.84. The smallest absolute Gasteiger partial charge is 0.327 e. The predicted molar refractivity (Wildman–Crippen MR) is 70.5 cm³/mol. The van der Waals surface area contributed by atoms with Crippen LogP contribution in [0.3, 0.4) is 0 Å². The molecular formula is C12H20N2O3S. The van der Waals surface area contributed by atoms with Crippen LogP contribution in [-0.4, -0.2) is 46.2 Å². The second kappa shape index (κ2) is 5.82. The maximum atomic E-state index is 11.9. The number of nitrogens with one attached hydrogen (secondary N) is 1. The number of carbonyl (C=O) groups excluding carboxylic acids is 1. The van der Waals surface area contributed by atoms with Crippen molar-refractivity contribution in [2.75, 3.05) is 18.2 Å². The number of carboxylic acids is 1. The van der Waals surface area contributed by atoms with Gasteiger partial charge in [0.1, 0.15) is 6.04 Å². The van der Waals surface area contributed by atoms with Gasteiger partial charge in [-0.1, -0.05) is 13.3 Å². The summed E-state index contributed by atoms with van der Waals surface area (Å²) >= 11 is 1.49. The Morgan fingerprint density at radius 2 is 2.22 bits per heavy atom. The fourth-order valence-electron chi connectivity index (χ4n) is 2.69. The molecule has 0 radical (unpaired) electrons. The van der Waals surface area contributed by atoms with E-state index in [0.717, 1.165) is 12.3 Å². The fraction of sp³-hybridized carbons (Fsp3) is 0.833. The van der Waals surface area contributed by atoms with E-state index in [4.69, 9.17) is 5.11 Å². The van der Waals surface area contributed by atoms with E-state index in [0.29, 0.717) is 24.1 Å². The van der Waals surface area contributed by atoms with E-state index in [1.165, 1.54) is 29.5 Å². The average Bonchev–Trinajstić information content (AvgIpc) is 2.94. The van der Waals surface area contributed by atoms with Crippen molar-refractivity contribution in [1.29, 1.82) is 0 Å². The highest BCUT2D eigenvalue weighted by atomic mass is 32.2. The summed E-state index contributed by atoms with van der Waals surface area (Å²) in [6, 6.07) is -0.899. The Kier molecular flexibility index (Phi) is 4.37. The molecule has 102 valence electrons. The molecule has 0 spiro atoms. The number of carboxylic acid groups (broad SMARTS) is 1. The summed E-state index contributed by atoms with van der Waals surface area (Å²) in [6.07, 6.45) is 3.56. The van der Waals surface area contributed by atoms with Crippen molar-refractivity contribution in [3.05, 3.63) is 0 Å². The van der Waals surface area contributed by atoms with Gasteiger partial charge in [-0.3, -0.25) is 0 Å². The second-order valence-electron chi connectivity index (χ2n) is 5.29. The minimum Gasteiger partial charge on any atom is -0.480 e. The molecule has 2 unspecified atom stereocenters. The molecule has 2 amide bonds. The molecule has 0 aromatic rings. The summed E-state index contributed by atoms with van der Waals surface area (Å²) in [5.41, 5.74) is 0. The molecule has 1 heterocycles. The Morgan fingerprint density at radius 3 is 2.83 bits per heavy atom. The zero-order chi connectivity index (χ0) is 13.1. The topological polar surface area (TPSA) is 69.6 Å². The zero-order valence-electron chi connectivity index (χ0n) is 10.6. The van der Waals surface area contributed by atoms with Gasteiger partial charge in [0.25, 0.3) is 0 Å². The van der Waals surface area contributed by atoms with Gasteiger partial charge >= 0.3 is 12.0 Å². The first kappa shape index (κ1) is 13.5. The number of thioether (sulfide) groups is 1. The standard InChI is InChI=1S/C12H20N2O3S/c1-8-2-3-9(4-8)5-13-12(17)14-7-18-6-10(14)11(15)16/h8-10H,2-7H2,1H3,(H,13,17)(H,15,16)/t8?,9?,10-/m0/s1. The number of carbonyl (C=O) groups is 2. The number of hydrogen-bond acceptors (Lipinski definition) is 3. The van der Waals surface area contributed by atoms with E-state index in [2.05, 4.69) is 12.2 Å². The lowest BCUT2D eigenvalue weighted by molar-refractivity contribution is -0.140. The molecule has 1 aliphatic carbocycles. The van der Waals surface area contributed by atoms with Crippen molar-refractivity contribution in [3.8, 4) is 0 Å². The van der Waals surface area contributed by atoms with E-state index < -0.39 is 12.0 Å². The van der Waals surface area contributed by atoms with Crippen molar-refractivity contribution in [2.45, 2.75) is 32.2 Å². The van der Waals surface area contributed by atoms with Gasteiger partial charge in [-0.25, -0.2) is 9.59 Å². The van der Waals surface area contributed by atoms with E-state index in [9.17, 15) is 9.59 Å². The highest BCUT2D eigenvalue weighted by Gasteiger charge is 2.34. The van der Waals surface area contributed by atoms with Crippen LogP contribution in [0, 0.1) is 11.8 Å². The molecule has 2 fully saturated rings. The Labute approximate surface area is 111 Å². The molecule has 1 aliphatic heterocycles. The summed E-state index contributed by atoms with van der Waals surface area (Å²) in [4.78, 5) is 24.3. The highest BCUT2D eigenvalue weighted by Crippen LogP contribution is 2.29. The van der Waals surface area contributed by atoms with Gasteiger partial charge in [-0.2, -0.15) is 0 Å². The van der Waals surface area contributed by atoms with Gasteiger partial charge in [0, 0.05) is 12.3 Å². The van der Waals surface area contributed by atoms with Crippen LogP contribution in [0.4, 0.5) is 4.79 Å². The van der Waals surface area contributed by atoms with Crippen LogP contribution in [0.2, 0.25) is 0 Å². The van der Waals surface area contributed by atoms with Gasteiger partial charge in [-0.15, -0.1) is 11.8 Å². The summed E-state index contributed by atoms with van der Waals surface area (Å²) in [5, 5.41) is 11.9. The Hall–Kier alpha value is -0.910. The number of hydrogen-bond donors (Lipinski definition) is 2. The van der Waals surface area contributed by atoms with Crippen LogP contribution in [-0.2, 0) is 4.79 Å². The van der Waals surface area contributed by atoms with Gasteiger partial charge in [0.15, 0.2) is 0 Å². The van der Waals surface area contributed by atoms with Crippen molar-refractivity contribution in [3.63, 3.8) is 0 Å². The van der Waals surface area contributed by atoms with Gasteiger partial charge < -0.3 is 15.3 Å². The average molecular weight is 272 g/mol. The second-order valence-corrected chi connectivity index (χ2v) is 6.29. The number of urea groups is 1. The third kappa shape index (κ3) is 3.10. The lowest BCUT2D eigenvalue weighted by Gasteiger charge is -2.22. The molecule has 1 saturated heterocycles. The monoisotopic (exact) mass is 272 g/mol. The molecule has 0 aromatic heterocycles. The Bertz CT molecular complexity index is 337. The first-order valence-corrected chi connectivity index (χ1v) is 7.58. The predicted octanol–water partition coefficient (Wildman–Crippen LogP) is 1.59. The lowest BCUT2D eigenvalue weighted by Crippen LogP contribution is -2.47. The lowest BCUT2D eigenvalue weighted by atomic mass is 10.1. The summed E-state index contributed by atoms with van der Waals surface area (Å²) in [5.74, 6) is 1.36. The largest absolute Gasteiger partial charge is 0.480 e. The molecule has 2 aliphatic rings. The summed E-state index contributed by atoms with van der Waals surface area (Å²) < 4.78 is 0. The third-order valence-electron chi connectivity index (χ3n) is 3.77. The van der Waals surface area contributed by atoms with Crippen LogP contribution >= 0.6 is 11.8 Å². The van der Waals surface area contributed by atoms with Gasteiger partial charge in [0.05, 0.1) is 5.88 Å². The minimum absolute atomic E-state index is 0.230. The maximum Gasteiger partial charge on any atom is 0.327 e.